The summed E-state index contributed by atoms with van der Waals surface area (Å²) in [5, 5.41) is 1.12. The van der Waals surface area contributed by atoms with E-state index in [4.69, 9.17) is 0 Å². The minimum atomic E-state index is 0.478. The fraction of sp³-hybridized carbons (Fsp3) is 0.750. The van der Waals surface area contributed by atoms with Crippen molar-refractivity contribution in [3.63, 3.8) is 0 Å². The first-order chi connectivity index (χ1) is 7.15. The van der Waals surface area contributed by atoms with Gasteiger partial charge >= 0.3 is 0 Å². The quantitative estimate of drug-likeness (QED) is 0.752. The van der Waals surface area contributed by atoms with Gasteiger partial charge in [-0.3, -0.25) is 0 Å². The van der Waals surface area contributed by atoms with Crippen molar-refractivity contribution in [3.05, 3.63) is 18.2 Å². The van der Waals surface area contributed by atoms with Crippen molar-refractivity contribution in [2.75, 3.05) is 5.33 Å². The van der Waals surface area contributed by atoms with Crippen LogP contribution in [0.3, 0.4) is 0 Å². The Bertz CT molecular complexity index is 330. The number of hydrogen-bond donors (Lipinski definition) is 0. The first-order valence-electron chi connectivity index (χ1n) is 5.68. The number of aryl methyl sites for hydroxylation is 2. The first kappa shape index (κ1) is 11.2. The Morgan fingerprint density at radius 3 is 2.80 bits per heavy atom. The number of aromatic nitrogens is 2. The van der Waals surface area contributed by atoms with Crippen LogP contribution in [0.2, 0.25) is 0 Å². The molecule has 84 valence electrons. The van der Waals surface area contributed by atoms with Crippen molar-refractivity contribution in [1.82, 2.24) is 9.55 Å². The molecule has 0 spiro atoms. The minimum absolute atomic E-state index is 0.478. The Morgan fingerprint density at radius 1 is 1.60 bits per heavy atom. The predicted octanol–water partition coefficient (Wildman–Crippen LogP) is 3.16. The molecule has 0 amide bonds. The van der Waals surface area contributed by atoms with Gasteiger partial charge in [-0.05, 0) is 30.6 Å². The van der Waals surface area contributed by atoms with Gasteiger partial charge in [-0.2, -0.15) is 0 Å². The van der Waals surface area contributed by atoms with E-state index >= 15 is 0 Å². The molecule has 1 aliphatic carbocycles. The van der Waals surface area contributed by atoms with Crippen molar-refractivity contribution in [2.24, 2.45) is 18.4 Å². The zero-order chi connectivity index (χ0) is 10.9. The third kappa shape index (κ3) is 2.44. The van der Waals surface area contributed by atoms with Gasteiger partial charge in [0.05, 0.1) is 0 Å². The summed E-state index contributed by atoms with van der Waals surface area (Å²) in [6.07, 6.45) is 9.09. The van der Waals surface area contributed by atoms with E-state index in [-0.39, 0.29) is 0 Å². The number of hydrogen-bond acceptors (Lipinski definition) is 1. The molecule has 0 bridgehead atoms. The van der Waals surface area contributed by atoms with Crippen LogP contribution in [0.15, 0.2) is 12.4 Å². The van der Waals surface area contributed by atoms with Crippen LogP contribution >= 0.6 is 15.9 Å². The average molecular weight is 271 g/mol. The smallest absolute Gasteiger partial charge is 0.108 e. The Balaban J connectivity index is 1.94. The van der Waals surface area contributed by atoms with Crippen molar-refractivity contribution < 1.29 is 0 Å². The largest absolute Gasteiger partial charge is 0.338 e. The van der Waals surface area contributed by atoms with E-state index in [0.717, 1.165) is 17.7 Å². The van der Waals surface area contributed by atoms with Gasteiger partial charge in [-0.1, -0.05) is 22.9 Å². The number of alkyl halides is 1. The summed E-state index contributed by atoms with van der Waals surface area (Å²) in [4.78, 5) is 4.38. The third-order valence-corrected chi connectivity index (χ3v) is 4.99. The molecule has 0 aliphatic heterocycles. The molecule has 0 aromatic carbocycles. The summed E-state index contributed by atoms with van der Waals surface area (Å²) in [7, 11) is 2.07. The molecule has 0 saturated heterocycles. The number of imidazole rings is 1. The van der Waals surface area contributed by atoms with Gasteiger partial charge in [-0.15, -0.1) is 0 Å². The van der Waals surface area contributed by atoms with Gasteiger partial charge in [-0.25, -0.2) is 4.98 Å². The number of halogens is 1. The predicted molar refractivity (Wildman–Crippen MR) is 66.2 cm³/mol. The van der Waals surface area contributed by atoms with E-state index in [1.165, 1.54) is 25.1 Å². The Labute approximate surface area is 100 Å². The lowest BCUT2D eigenvalue weighted by Gasteiger charge is -2.27. The lowest BCUT2D eigenvalue weighted by molar-refractivity contribution is 0.291. The summed E-state index contributed by atoms with van der Waals surface area (Å²) >= 11 is 3.67. The molecule has 3 heteroatoms. The zero-order valence-corrected chi connectivity index (χ0v) is 11.1. The van der Waals surface area contributed by atoms with Crippen LogP contribution in [0, 0.1) is 11.3 Å². The normalized spacial score (nSPS) is 20.2. The second kappa shape index (κ2) is 4.28. The molecule has 2 nitrogen and oxygen atoms in total. The Morgan fingerprint density at radius 2 is 2.33 bits per heavy atom. The molecule has 1 atom stereocenters. The molecule has 2 rings (SSSR count). The van der Waals surface area contributed by atoms with E-state index < -0.39 is 0 Å². The summed E-state index contributed by atoms with van der Waals surface area (Å²) in [6, 6.07) is 0. The summed E-state index contributed by atoms with van der Waals surface area (Å²) < 4.78 is 2.13. The molecule has 1 fully saturated rings. The third-order valence-electron chi connectivity index (χ3n) is 3.71. The van der Waals surface area contributed by atoms with Crippen molar-refractivity contribution in [1.29, 1.82) is 0 Å². The second-order valence-corrected chi connectivity index (χ2v) is 5.58. The van der Waals surface area contributed by atoms with E-state index in [1.54, 1.807) is 0 Å². The van der Waals surface area contributed by atoms with Crippen LogP contribution in [0.1, 0.15) is 32.0 Å². The highest BCUT2D eigenvalue weighted by Gasteiger charge is 2.40. The van der Waals surface area contributed by atoms with Gasteiger partial charge < -0.3 is 4.57 Å². The second-order valence-electron chi connectivity index (χ2n) is 5.02. The summed E-state index contributed by atoms with van der Waals surface area (Å²) in [6.45, 7) is 2.41. The van der Waals surface area contributed by atoms with Crippen LogP contribution in [0.5, 0.6) is 0 Å². The molecule has 1 unspecified atom stereocenters. The van der Waals surface area contributed by atoms with Gasteiger partial charge in [0.25, 0.3) is 0 Å². The van der Waals surface area contributed by atoms with Gasteiger partial charge in [0, 0.05) is 31.2 Å². The molecule has 1 aliphatic rings. The van der Waals surface area contributed by atoms with Crippen LogP contribution in [0.25, 0.3) is 0 Å². The highest BCUT2D eigenvalue weighted by Crippen LogP contribution is 2.48. The lowest BCUT2D eigenvalue weighted by atomic mass is 9.82. The molecule has 0 N–H and O–H groups in total. The van der Waals surface area contributed by atoms with Crippen LogP contribution in [0.4, 0.5) is 0 Å². The first-order valence-corrected chi connectivity index (χ1v) is 6.80. The molecule has 1 saturated carbocycles. The fourth-order valence-corrected chi connectivity index (χ4v) is 2.93. The maximum absolute atomic E-state index is 4.38. The topological polar surface area (TPSA) is 17.8 Å². The molecular weight excluding hydrogens is 252 g/mol. The fourth-order valence-electron chi connectivity index (χ4n) is 2.20. The van der Waals surface area contributed by atoms with Crippen LogP contribution in [-0.4, -0.2) is 14.9 Å². The van der Waals surface area contributed by atoms with E-state index in [0.29, 0.717) is 5.41 Å². The highest BCUT2D eigenvalue weighted by molar-refractivity contribution is 9.09. The highest BCUT2D eigenvalue weighted by atomic mass is 79.9. The SMILES string of the molecule is Cn1ccnc1CCC(C)(CBr)C1CC1. The van der Waals surface area contributed by atoms with E-state index in [9.17, 15) is 0 Å². The number of rotatable bonds is 5. The van der Waals surface area contributed by atoms with Crippen molar-refractivity contribution >= 4 is 15.9 Å². The molecule has 1 aromatic rings. The lowest BCUT2D eigenvalue weighted by Crippen LogP contribution is -2.22. The molecular formula is C12H19BrN2. The minimum Gasteiger partial charge on any atom is -0.338 e. The standard InChI is InChI=1S/C12H19BrN2/c1-12(9-13,10-3-4-10)6-5-11-14-7-8-15(11)2/h7-8,10H,3-6,9H2,1-2H3. The van der Waals surface area contributed by atoms with Crippen LogP contribution in [-0.2, 0) is 13.5 Å². The van der Waals surface area contributed by atoms with E-state index in [1.807, 2.05) is 12.4 Å². The summed E-state index contributed by atoms with van der Waals surface area (Å²) in [5.41, 5.74) is 0.478. The molecule has 1 heterocycles. The summed E-state index contributed by atoms with van der Waals surface area (Å²) in [5.74, 6) is 2.15. The molecule has 15 heavy (non-hydrogen) atoms. The van der Waals surface area contributed by atoms with Gasteiger partial charge in [0.15, 0.2) is 0 Å². The van der Waals surface area contributed by atoms with Crippen molar-refractivity contribution in [3.8, 4) is 0 Å². The molecule has 1 aromatic heterocycles. The number of nitrogens with zero attached hydrogens (tertiary/aromatic N) is 2. The maximum Gasteiger partial charge on any atom is 0.108 e. The Kier molecular flexibility index (Phi) is 3.19. The van der Waals surface area contributed by atoms with Gasteiger partial charge in [0.1, 0.15) is 5.82 Å². The van der Waals surface area contributed by atoms with Crippen molar-refractivity contribution in [2.45, 2.75) is 32.6 Å². The maximum atomic E-state index is 4.38. The molecule has 0 radical (unpaired) electrons. The average Bonchev–Trinajstić information content (AvgIpc) is 3.01. The monoisotopic (exact) mass is 270 g/mol. The zero-order valence-electron chi connectivity index (χ0n) is 9.54. The van der Waals surface area contributed by atoms with Gasteiger partial charge in [0.2, 0.25) is 0 Å². The Hall–Kier alpha value is -0.310. The van der Waals surface area contributed by atoms with Crippen LogP contribution < -0.4 is 0 Å². The van der Waals surface area contributed by atoms with E-state index in [2.05, 4.69) is 39.5 Å².